The van der Waals surface area contributed by atoms with E-state index in [4.69, 9.17) is 5.73 Å². The van der Waals surface area contributed by atoms with E-state index < -0.39 is 17.9 Å². The highest BCUT2D eigenvalue weighted by molar-refractivity contribution is 8.13. The summed E-state index contributed by atoms with van der Waals surface area (Å²) in [4.78, 5) is 47.1. The lowest BCUT2D eigenvalue weighted by Gasteiger charge is -2.20. The summed E-state index contributed by atoms with van der Waals surface area (Å²) in [7, 11) is 0. The zero-order valence-corrected chi connectivity index (χ0v) is 20.3. The normalized spacial score (nSPS) is 14.6. The van der Waals surface area contributed by atoms with Crippen molar-refractivity contribution < 1.29 is 24.3 Å². The number of hydrogen-bond donors (Lipinski definition) is 3. The van der Waals surface area contributed by atoms with Crippen molar-refractivity contribution in [1.82, 2.24) is 10.2 Å². The van der Waals surface area contributed by atoms with Crippen molar-refractivity contribution in [2.75, 3.05) is 30.9 Å². The van der Waals surface area contributed by atoms with Gasteiger partial charge in [0.15, 0.2) is 5.12 Å². The predicted octanol–water partition coefficient (Wildman–Crippen LogP) is 2.61. The summed E-state index contributed by atoms with van der Waals surface area (Å²) in [6.07, 6.45) is 4.97. The second-order valence-corrected chi connectivity index (χ2v) is 9.59. The highest BCUT2D eigenvalue weighted by Crippen LogP contribution is 2.16. The van der Waals surface area contributed by atoms with Gasteiger partial charge in [0.2, 0.25) is 5.91 Å². The number of hydrogen-bond acceptors (Lipinski definition) is 6. The summed E-state index contributed by atoms with van der Waals surface area (Å²) in [5.74, 6) is -0.804. The van der Waals surface area contributed by atoms with Crippen molar-refractivity contribution in [3.63, 3.8) is 0 Å². The number of carboxylic acid groups (broad SMARTS) is 1. The van der Waals surface area contributed by atoms with Gasteiger partial charge in [0.05, 0.1) is 5.92 Å². The summed E-state index contributed by atoms with van der Waals surface area (Å²) in [5.41, 5.74) is 5.97. The Morgan fingerprint density at radius 2 is 1.78 bits per heavy atom. The molecule has 2 atom stereocenters. The van der Waals surface area contributed by atoms with E-state index in [1.165, 1.54) is 18.7 Å². The first-order valence-electron chi connectivity index (χ1n) is 10.5. The summed E-state index contributed by atoms with van der Waals surface area (Å²) in [6, 6.07) is 8.34. The van der Waals surface area contributed by atoms with Crippen LogP contribution in [0.25, 0.3) is 0 Å². The van der Waals surface area contributed by atoms with Crippen LogP contribution in [0.5, 0.6) is 0 Å². The van der Waals surface area contributed by atoms with Crippen LogP contribution in [0.1, 0.15) is 31.7 Å². The molecular formula is C22H33N3O5S2. The molecule has 3 amide bonds. The monoisotopic (exact) mass is 483 g/mol. The Labute approximate surface area is 198 Å². The zero-order valence-electron chi connectivity index (χ0n) is 18.6. The molecule has 10 heteroatoms. The molecule has 1 aliphatic rings. The summed E-state index contributed by atoms with van der Waals surface area (Å²) >= 11 is 2.63. The van der Waals surface area contributed by atoms with Gasteiger partial charge < -0.3 is 21.1 Å². The van der Waals surface area contributed by atoms with Gasteiger partial charge in [-0.1, -0.05) is 42.1 Å². The van der Waals surface area contributed by atoms with Crippen molar-refractivity contribution in [3.05, 3.63) is 35.9 Å². The fourth-order valence-corrected chi connectivity index (χ4v) is 4.24. The Bertz CT molecular complexity index is 742. The van der Waals surface area contributed by atoms with Crippen LogP contribution in [0.2, 0.25) is 0 Å². The number of nitrogens with two attached hydrogens (primary N) is 1. The van der Waals surface area contributed by atoms with Crippen LogP contribution in [-0.4, -0.2) is 69.9 Å². The van der Waals surface area contributed by atoms with E-state index in [9.17, 15) is 24.3 Å². The number of rotatable bonds is 10. The quantitative estimate of drug-likeness (QED) is 0.466. The first-order chi connectivity index (χ1) is 15.2. The molecule has 32 heavy (non-hydrogen) atoms. The number of amides is 3. The maximum atomic E-state index is 12.5. The van der Waals surface area contributed by atoms with E-state index in [1.54, 1.807) is 4.90 Å². The Balaban J connectivity index is 0.000000533. The number of carbonyl (C=O) groups excluding carboxylic acids is 3. The number of aliphatic carboxylic acids is 1. The lowest BCUT2D eigenvalue weighted by Crippen LogP contribution is -2.45. The Morgan fingerprint density at radius 3 is 2.25 bits per heavy atom. The number of thioether (sulfide) groups is 2. The van der Waals surface area contributed by atoms with Crippen molar-refractivity contribution in [2.45, 2.75) is 38.6 Å². The molecule has 1 aliphatic heterocycles. The summed E-state index contributed by atoms with van der Waals surface area (Å²) in [5, 5.41) is 11.8. The number of carboxylic acids is 1. The third kappa shape index (κ3) is 11.4. The van der Waals surface area contributed by atoms with Crippen LogP contribution in [0.4, 0.5) is 4.79 Å². The minimum absolute atomic E-state index is 0.0574. The fourth-order valence-electron chi connectivity index (χ4n) is 3.06. The molecule has 0 saturated carbocycles. The zero-order chi connectivity index (χ0) is 23.9. The van der Waals surface area contributed by atoms with Crippen LogP contribution in [0.15, 0.2) is 30.3 Å². The minimum atomic E-state index is -1.03. The van der Waals surface area contributed by atoms with Crippen molar-refractivity contribution in [3.8, 4) is 0 Å². The van der Waals surface area contributed by atoms with Gasteiger partial charge in [0.1, 0.15) is 6.04 Å². The van der Waals surface area contributed by atoms with Gasteiger partial charge in [-0.05, 0) is 43.3 Å². The minimum Gasteiger partial charge on any atom is -0.480 e. The average molecular weight is 484 g/mol. The fraction of sp³-hybridized carbons (Fsp3) is 0.545. The molecule has 178 valence electrons. The number of likely N-dealkylation sites (tertiary alicyclic amines) is 1. The lowest BCUT2D eigenvalue weighted by atomic mass is 9.99. The highest BCUT2D eigenvalue weighted by Gasteiger charge is 2.25. The molecule has 0 unspecified atom stereocenters. The van der Waals surface area contributed by atoms with E-state index in [2.05, 4.69) is 5.32 Å². The number of carbonyl (C=O) groups is 4. The predicted molar refractivity (Wildman–Crippen MR) is 130 cm³/mol. The molecule has 0 bridgehead atoms. The third-order valence-electron chi connectivity index (χ3n) is 4.83. The topological polar surface area (TPSA) is 130 Å². The standard InChI is InChI=1S/C17H23NO4S2.C5H10N2O/c1-12(19)24-11-14(10-13-6-4-3-5-7-13)16(20)18-15(17(21)22)8-9-23-2;6-5(8)7-3-1-2-4-7/h3-7,14-15H,8-11H2,1-2H3,(H,18,20)(H,21,22);1-4H2,(H2,6,8)/t14-,15-;/m0./s1. The molecule has 2 rings (SSSR count). The smallest absolute Gasteiger partial charge is 0.326 e. The molecule has 0 aromatic heterocycles. The molecule has 0 aliphatic carbocycles. The Morgan fingerprint density at radius 1 is 1.16 bits per heavy atom. The average Bonchev–Trinajstić information content (AvgIpc) is 3.30. The van der Waals surface area contributed by atoms with Crippen LogP contribution in [-0.2, 0) is 20.8 Å². The van der Waals surface area contributed by atoms with E-state index in [0.29, 0.717) is 24.3 Å². The molecule has 0 spiro atoms. The molecule has 4 N–H and O–H groups in total. The largest absolute Gasteiger partial charge is 0.480 e. The van der Waals surface area contributed by atoms with Crippen LogP contribution >= 0.6 is 23.5 Å². The summed E-state index contributed by atoms with van der Waals surface area (Å²) in [6.45, 7) is 3.17. The van der Waals surface area contributed by atoms with Gasteiger partial charge in [-0.2, -0.15) is 11.8 Å². The Kier molecular flexibility index (Phi) is 13.5. The number of nitrogens with zero attached hydrogens (tertiary/aromatic N) is 1. The number of primary amides is 1. The van der Waals surface area contributed by atoms with Gasteiger partial charge in [-0.3, -0.25) is 9.59 Å². The molecule has 1 aromatic carbocycles. The van der Waals surface area contributed by atoms with E-state index >= 15 is 0 Å². The van der Waals surface area contributed by atoms with Gasteiger partial charge in [-0.25, -0.2) is 9.59 Å². The SMILES string of the molecule is CSCC[C@H](NC(=O)[C@H](CSC(C)=O)Cc1ccccc1)C(=O)O.NC(=O)N1CCCC1. The van der Waals surface area contributed by atoms with Crippen LogP contribution in [0, 0.1) is 5.92 Å². The number of benzene rings is 1. The van der Waals surface area contributed by atoms with Crippen molar-refractivity contribution in [2.24, 2.45) is 11.7 Å². The second-order valence-electron chi connectivity index (χ2n) is 7.40. The third-order valence-corrected chi connectivity index (χ3v) is 6.45. The van der Waals surface area contributed by atoms with E-state index in [0.717, 1.165) is 43.3 Å². The first kappa shape index (κ1) is 27.8. The van der Waals surface area contributed by atoms with Gasteiger partial charge in [-0.15, -0.1) is 0 Å². The van der Waals surface area contributed by atoms with Gasteiger partial charge in [0, 0.05) is 25.8 Å². The molecule has 8 nitrogen and oxygen atoms in total. The molecule has 1 aromatic rings. The van der Waals surface area contributed by atoms with E-state index in [1.807, 2.05) is 36.6 Å². The van der Waals surface area contributed by atoms with Crippen molar-refractivity contribution in [1.29, 1.82) is 0 Å². The molecule has 1 fully saturated rings. The number of nitrogens with one attached hydrogen (secondary N) is 1. The first-order valence-corrected chi connectivity index (χ1v) is 12.9. The van der Waals surface area contributed by atoms with E-state index in [-0.39, 0.29) is 17.1 Å². The maximum Gasteiger partial charge on any atom is 0.326 e. The molecular weight excluding hydrogens is 450 g/mol. The Hall–Kier alpha value is -2.20. The van der Waals surface area contributed by atoms with Crippen molar-refractivity contribution >= 4 is 46.5 Å². The molecule has 1 heterocycles. The van der Waals surface area contributed by atoms with Gasteiger partial charge >= 0.3 is 12.0 Å². The highest BCUT2D eigenvalue weighted by atomic mass is 32.2. The van der Waals surface area contributed by atoms with Crippen LogP contribution < -0.4 is 11.1 Å². The molecule has 1 saturated heterocycles. The lowest BCUT2D eigenvalue weighted by molar-refractivity contribution is -0.142. The summed E-state index contributed by atoms with van der Waals surface area (Å²) < 4.78 is 0. The van der Waals surface area contributed by atoms with Crippen LogP contribution in [0.3, 0.4) is 0 Å². The molecule has 0 radical (unpaired) electrons. The second kappa shape index (κ2) is 15.6. The maximum absolute atomic E-state index is 12.5. The van der Waals surface area contributed by atoms with Gasteiger partial charge in [0.25, 0.3) is 0 Å². The number of urea groups is 1.